The van der Waals surface area contributed by atoms with Gasteiger partial charge < -0.3 is 4.90 Å². The first-order valence-electron chi connectivity index (χ1n) is 11.4. The second kappa shape index (κ2) is 8.31. The first-order valence-corrected chi connectivity index (χ1v) is 11.4. The quantitative estimate of drug-likeness (QED) is 0.803. The summed E-state index contributed by atoms with van der Waals surface area (Å²) in [5, 5.41) is 3.60. The lowest BCUT2D eigenvalue weighted by atomic mass is 10.0. The van der Waals surface area contributed by atoms with Crippen molar-refractivity contribution in [1.29, 1.82) is 0 Å². The number of benzene rings is 2. The Bertz CT molecular complexity index is 1010. The van der Waals surface area contributed by atoms with E-state index in [1.807, 2.05) is 37.3 Å². The molecule has 7 nitrogen and oxygen atoms in total. The molecule has 0 aromatic heterocycles. The molecule has 7 heteroatoms. The highest BCUT2D eigenvalue weighted by atomic mass is 16.2. The summed E-state index contributed by atoms with van der Waals surface area (Å²) in [6.45, 7) is 7.13. The number of fused-ring (bicyclic) bond motifs is 3. The Morgan fingerprint density at radius 1 is 0.969 bits per heavy atom. The Morgan fingerprint density at radius 2 is 1.72 bits per heavy atom. The van der Waals surface area contributed by atoms with Gasteiger partial charge in [0.05, 0.1) is 6.54 Å². The number of urea groups is 1. The average Bonchev–Trinajstić information content (AvgIpc) is 3.16. The van der Waals surface area contributed by atoms with Gasteiger partial charge in [-0.25, -0.2) is 4.79 Å². The SMILES string of the molecule is Cc1cccc(CN2C(=O)C3C(NC4N(Cc5ccccc5)CC(C)CN34)N(C)C2=O)c1. The summed E-state index contributed by atoms with van der Waals surface area (Å²) >= 11 is 0. The van der Waals surface area contributed by atoms with Crippen molar-refractivity contribution in [3.8, 4) is 0 Å². The van der Waals surface area contributed by atoms with E-state index in [-0.39, 0.29) is 30.4 Å². The maximum absolute atomic E-state index is 13.7. The Labute approximate surface area is 189 Å². The van der Waals surface area contributed by atoms with Gasteiger partial charge in [0, 0.05) is 26.7 Å². The molecule has 32 heavy (non-hydrogen) atoms. The van der Waals surface area contributed by atoms with Crippen LogP contribution in [0.5, 0.6) is 0 Å². The molecule has 3 amide bonds. The van der Waals surface area contributed by atoms with Gasteiger partial charge in [0.15, 0.2) is 0 Å². The fraction of sp³-hybridized carbons (Fsp3) is 0.440. The monoisotopic (exact) mass is 433 g/mol. The number of carbonyl (C=O) groups excluding carboxylic acids is 2. The summed E-state index contributed by atoms with van der Waals surface area (Å²) in [5.41, 5.74) is 3.34. The number of carbonyl (C=O) groups is 2. The molecule has 2 aromatic carbocycles. The van der Waals surface area contributed by atoms with Crippen LogP contribution >= 0.6 is 0 Å². The molecule has 168 valence electrons. The van der Waals surface area contributed by atoms with Crippen molar-refractivity contribution in [3.05, 3.63) is 71.3 Å². The summed E-state index contributed by atoms with van der Waals surface area (Å²) in [7, 11) is 1.80. The lowest BCUT2D eigenvalue weighted by Gasteiger charge is -2.45. The topological polar surface area (TPSA) is 59.1 Å². The zero-order valence-electron chi connectivity index (χ0n) is 18.9. The Kier molecular flexibility index (Phi) is 5.49. The van der Waals surface area contributed by atoms with Crippen molar-refractivity contribution >= 4 is 11.9 Å². The molecule has 4 atom stereocenters. The van der Waals surface area contributed by atoms with Gasteiger partial charge in [0.2, 0.25) is 0 Å². The molecule has 3 saturated heterocycles. The van der Waals surface area contributed by atoms with Crippen LogP contribution in [0, 0.1) is 12.8 Å². The van der Waals surface area contributed by atoms with Crippen LogP contribution in [0.3, 0.4) is 0 Å². The van der Waals surface area contributed by atoms with Gasteiger partial charge in [-0.3, -0.25) is 24.8 Å². The summed E-state index contributed by atoms with van der Waals surface area (Å²) in [5.74, 6) is 0.319. The van der Waals surface area contributed by atoms with Gasteiger partial charge in [-0.15, -0.1) is 0 Å². The van der Waals surface area contributed by atoms with E-state index >= 15 is 0 Å². The number of hydrogen-bond donors (Lipinski definition) is 1. The van der Waals surface area contributed by atoms with E-state index in [2.05, 4.69) is 46.3 Å². The number of rotatable bonds is 4. The van der Waals surface area contributed by atoms with Crippen LogP contribution in [0.15, 0.2) is 54.6 Å². The molecular formula is C25H31N5O2. The van der Waals surface area contributed by atoms with Gasteiger partial charge in [-0.2, -0.15) is 0 Å². The van der Waals surface area contributed by atoms with Crippen LogP contribution in [0.25, 0.3) is 0 Å². The number of nitrogens with zero attached hydrogens (tertiary/aromatic N) is 4. The van der Waals surface area contributed by atoms with E-state index in [1.165, 1.54) is 10.5 Å². The highest BCUT2D eigenvalue weighted by Crippen LogP contribution is 2.33. The minimum atomic E-state index is -0.381. The number of aryl methyl sites for hydroxylation is 1. The van der Waals surface area contributed by atoms with Gasteiger partial charge in [0.1, 0.15) is 18.5 Å². The lowest BCUT2D eigenvalue weighted by Crippen LogP contribution is -2.66. The summed E-state index contributed by atoms with van der Waals surface area (Å²) in [6.07, 6.45) is -0.392. The van der Waals surface area contributed by atoms with E-state index in [4.69, 9.17) is 0 Å². The highest BCUT2D eigenvalue weighted by Gasteiger charge is 2.56. The van der Waals surface area contributed by atoms with E-state index in [0.29, 0.717) is 12.5 Å². The summed E-state index contributed by atoms with van der Waals surface area (Å²) < 4.78 is 0. The second-order valence-corrected chi connectivity index (χ2v) is 9.45. The predicted octanol–water partition coefficient (Wildman–Crippen LogP) is 2.42. The van der Waals surface area contributed by atoms with Crippen molar-refractivity contribution in [2.45, 2.75) is 45.4 Å². The first-order chi connectivity index (χ1) is 15.4. The summed E-state index contributed by atoms with van der Waals surface area (Å²) in [4.78, 5) is 34.6. The number of likely N-dealkylation sites (N-methyl/N-ethyl adjacent to an activating group) is 1. The van der Waals surface area contributed by atoms with E-state index < -0.39 is 0 Å². The molecule has 0 aliphatic carbocycles. The van der Waals surface area contributed by atoms with Crippen LogP contribution in [-0.2, 0) is 17.9 Å². The fourth-order valence-corrected chi connectivity index (χ4v) is 5.39. The molecule has 5 rings (SSSR count). The van der Waals surface area contributed by atoms with E-state index in [9.17, 15) is 9.59 Å². The molecule has 3 heterocycles. The van der Waals surface area contributed by atoms with Crippen molar-refractivity contribution in [3.63, 3.8) is 0 Å². The third-order valence-electron chi connectivity index (χ3n) is 6.83. The predicted molar refractivity (Wildman–Crippen MR) is 122 cm³/mol. The van der Waals surface area contributed by atoms with Crippen molar-refractivity contribution in [2.75, 3.05) is 20.1 Å². The Hall–Kier alpha value is -2.74. The first kappa shape index (κ1) is 21.1. The minimum Gasteiger partial charge on any atom is -0.310 e. The van der Waals surface area contributed by atoms with E-state index in [1.54, 1.807) is 11.9 Å². The van der Waals surface area contributed by atoms with Crippen molar-refractivity contribution < 1.29 is 9.59 Å². The smallest absolute Gasteiger partial charge is 0.310 e. The average molecular weight is 434 g/mol. The Morgan fingerprint density at radius 3 is 2.47 bits per heavy atom. The molecule has 1 N–H and O–H groups in total. The van der Waals surface area contributed by atoms with E-state index in [0.717, 1.165) is 30.8 Å². The maximum Gasteiger partial charge on any atom is 0.328 e. The molecule has 3 aliphatic rings. The third-order valence-corrected chi connectivity index (χ3v) is 6.83. The van der Waals surface area contributed by atoms with Crippen LogP contribution < -0.4 is 5.32 Å². The second-order valence-electron chi connectivity index (χ2n) is 9.45. The van der Waals surface area contributed by atoms with Gasteiger partial charge in [0.25, 0.3) is 5.91 Å². The lowest BCUT2D eigenvalue weighted by molar-refractivity contribution is -0.141. The number of nitrogens with one attached hydrogen (secondary N) is 1. The van der Waals surface area contributed by atoms with Crippen LogP contribution in [0.1, 0.15) is 23.6 Å². The number of amides is 3. The van der Waals surface area contributed by atoms with Crippen LogP contribution in [-0.4, -0.2) is 70.2 Å². The van der Waals surface area contributed by atoms with Crippen LogP contribution in [0.4, 0.5) is 4.79 Å². The molecular weight excluding hydrogens is 402 g/mol. The summed E-state index contributed by atoms with van der Waals surface area (Å²) in [6, 6.07) is 17.8. The largest absolute Gasteiger partial charge is 0.328 e. The maximum atomic E-state index is 13.7. The minimum absolute atomic E-state index is 0.0699. The molecule has 0 bridgehead atoms. The zero-order valence-corrected chi connectivity index (χ0v) is 18.9. The Balaban J connectivity index is 1.41. The normalized spacial score (nSPS) is 28.7. The highest BCUT2D eigenvalue weighted by molar-refractivity contribution is 6.00. The van der Waals surface area contributed by atoms with Crippen LogP contribution in [0.2, 0.25) is 0 Å². The number of imide groups is 1. The van der Waals surface area contributed by atoms with Gasteiger partial charge >= 0.3 is 6.03 Å². The molecule has 3 aliphatic heterocycles. The molecule has 2 aromatic rings. The zero-order chi connectivity index (χ0) is 22.4. The standard InChI is InChI=1S/C25H31N5O2/c1-17-8-7-11-20(12-17)16-30-23(31)21-22(27(3)25(30)32)26-24-28(13-18(2)14-29(21)24)15-19-9-5-4-6-10-19/h4-12,18,21-22,24,26H,13-16H2,1-3H3. The molecule has 0 spiro atoms. The molecule has 4 unspecified atom stereocenters. The van der Waals surface area contributed by atoms with Crippen molar-refractivity contribution in [2.24, 2.45) is 5.92 Å². The molecule has 0 radical (unpaired) electrons. The van der Waals surface area contributed by atoms with Crippen molar-refractivity contribution in [1.82, 2.24) is 24.9 Å². The number of hydrogen-bond acceptors (Lipinski definition) is 5. The molecule has 0 saturated carbocycles. The molecule has 3 fully saturated rings. The fourth-order valence-electron chi connectivity index (χ4n) is 5.39. The van der Waals surface area contributed by atoms with Gasteiger partial charge in [-0.05, 0) is 24.0 Å². The third kappa shape index (κ3) is 3.70. The van der Waals surface area contributed by atoms with Gasteiger partial charge in [-0.1, -0.05) is 67.1 Å².